The SMILES string of the molecule is CNC(=O)COc1ccc(S(=O)(=O)Nc2cccnc2)cc1F. The molecule has 0 radical (unpaired) electrons. The fraction of sp³-hybridized carbons (Fsp3) is 0.143. The Labute approximate surface area is 132 Å². The van der Waals surface area contributed by atoms with Gasteiger partial charge in [0.1, 0.15) is 0 Å². The predicted molar refractivity (Wildman–Crippen MR) is 81.0 cm³/mol. The van der Waals surface area contributed by atoms with E-state index in [1.165, 1.54) is 31.6 Å². The lowest BCUT2D eigenvalue weighted by Crippen LogP contribution is -2.25. The number of ether oxygens (including phenoxy) is 1. The van der Waals surface area contributed by atoms with Gasteiger partial charge in [-0.3, -0.25) is 14.5 Å². The highest BCUT2D eigenvalue weighted by Gasteiger charge is 2.17. The van der Waals surface area contributed by atoms with Crippen LogP contribution < -0.4 is 14.8 Å². The summed E-state index contributed by atoms with van der Waals surface area (Å²) < 4.78 is 45.5. The Morgan fingerprint density at radius 3 is 2.74 bits per heavy atom. The van der Waals surface area contributed by atoms with Crippen LogP contribution in [0.4, 0.5) is 10.1 Å². The van der Waals surface area contributed by atoms with E-state index in [4.69, 9.17) is 4.74 Å². The van der Waals surface area contributed by atoms with Crippen molar-refractivity contribution in [3.05, 3.63) is 48.5 Å². The van der Waals surface area contributed by atoms with E-state index >= 15 is 0 Å². The summed E-state index contributed by atoms with van der Waals surface area (Å²) in [5.41, 5.74) is 0.257. The second-order valence-electron chi connectivity index (χ2n) is 4.40. The van der Waals surface area contributed by atoms with Gasteiger partial charge >= 0.3 is 0 Å². The third-order valence-corrected chi connectivity index (χ3v) is 4.14. The standard InChI is InChI=1S/C14H14FN3O4S/c1-16-14(19)9-22-13-5-4-11(7-12(13)15)23(20,21)18-10-3-2-6-17-8-10/h2-8,18H,9H2,1H3,(H,16,19). The van der Waals surface area contributed by atoms with Crippen LogP contribution in [0.1, 0.15) is 0 Å². The number of halogens is 1. The molecule has 122 valence electrons. The van der Waals surface area contributed by atoms with Crippen molar-refractivity contribution in [3.63, 3.8) is 0 Å². The first-order chi connectivity index (χ1) is 10.9. The van der Waals surface area contributed by atoms with Crippen molar-refractivity contribution in [1.29, 1.82) is 0 Å². The van der Waals surface area contributed by atoms with Crippen LogP contribution >= 0.6 is 0 Å². The second kappa shape index (κ2) is 7.05. The van der Waals surface area contributed by atoms with Crippen LogP contribution in [0.2, 0.25) is 0 Å². The van der Waals surface area contributed by atoms with E-state index in [0.717, 1.165) is 12.1 Å². The number of pyridine rings is 1. The summed E-state index contributed by atoms with van der Waals surface area (Å²) >= 11 is 0. The third kappa shape index (κ3) is 4.39. The average Bonchev–Trinajstić information content (AvgIpc) is 2.53. The first-order valence-corrected chi connectivity index (χ1v) is 7.96. The summed E-state index contributed by atoms with van der Waals surface area (Å²) in [4.78, 5) is 14.6. The third-order valence-electron chi connectivity index (χ3n) is 2.77. The van der Waals surface area contributed by atoms with Crippen molar-refractivity contribution in [2.45, 2.75) is 4.90 Å². The largest absolute Gasteiger partial charge is 0.481 e. The lowest BCUT2D eigenvalue weighted by molar-refractivity contribution is -0.122. The van der Waals surface area contributed by atoms with Crippen LogP contribution in [-0.4, -0.2) is 33.0 Å². The number of nitrogens with zero attached hydrogens (tertiary/aromatic N) is 1. The van der Waals surface area contributed by atoms with Crippen LogP contribution in [0, 0.1) is 5.82 Å². The van der Waals surface area contributed by atoms with Gasteiger partial charge in [-0.2, -0.15) is 0 Å². The molecule has 0 aliphatic heterocycles. The number of benzene rings is 1. The topological polar surface area (TPSA) is 97.4 Å². The maximum Gasteiger partial charge on any atom is 0.262 e. The summed E-state index contributed by atoms with van der Waals surface area (Å²) in [7, 11) is -2.53. The van der Waals surface area contributed by atoms with Crippen molar-refractivity contribution in [2.75, 3.05) is 18.4 Å². The van der Waals surface area contributed by atoms with Crippen LogP contribution in [0.3, 0.4) is 0 Å². The van der Waals surface area contributed by atoms with Gasteiger partial charge in [0.05, 0.1) is 16.8 Å². The molecule has 2 N–H and O–H groups in total. The van der Waals surface area contributed by atoms with Gasteiger partial charge in [0.2, 0.25) is 0 Å². The minimum absolute atomic E-state index is 0.214. The lowest BCUT2D eigenvalue weighted by Gasteiger charge is -2.10. The summed E-state index contributed by atoms with van der Waals surface area (Å²) in [6, 6.07) is 6.23. The second-order valence-corrected chi connectivity index (χ2v) is 6.08. The fourth-order valence-electron chi connectivity index (χ4n) is 1.62. The summed E-state index contributed by atoms with van der Waals surface area (Å²) in [6.07, 6.45) is 2.82. The number of nitrogens with one attached hydrogen (secondary N) is 2. The molecule has 0 saturated carbocycles. The molecular formula is C14H14FN3O4S. The normalized spacial score (nSPS) is 10.9. The van der Waals surface area contributed by atoms with Crippen molar-refractivity contribution in [2.24, 2.45) is 0 Å². The number of hydrogen-bond donors (Lipinski definition) is 2. The Kier molecular flexibility index (Phi) is 5.12. The number of anilines is 1. The Balaban J connectivity index is 2.17. The van der Waals surface area contributed by atoms with Crippen LogP contribution in [0.5, 0.6) is 5.75 Å². The van der Waals surface area contributed by atoms with E-state index in [9.17, 15) is 17.6 Å². The van der Waals surface area contributed by atoms with Crippen molar-refractivity contribution >= 4 is 21.6 Å². The molecule has 0 spiro atoms. The number of likely N-dealkylation sites (N-methyl/N-ethyl adjacent to an activating group) is 1. The highest BCUT2D eigenvalue weighted by atomic mass is 32.2. The van der Waals surface area contributed by atoms with Crippen molar-refractivity contribution < 1.29 is 22.3 Å². The van der Waals surface area contributed by atoms with E-state index in [0.29, 0.717) is 0 Å². The Morgan fingerprint density at radius 2 is 2.13 bits per heavy atom. The molecule has 1 aromatic carbocycles. The van der Waals surface area contributed by atoms with Crippen LogP contribution in [0.15, 0.2) is 47.6 Å². The van der Waals surface area contributed by atoms with E-state index < -0.39 is 21.7 Å². The van der Waals surface area contributed by atoms with Gasteiger partial charge in [0, 0.05) is 13.2 Å². The predicted octanol–water partition coefficient (Wildman–Crippen LogP) is 1.15. The molecule has 1 amide bonds. The molecule has 2 rings (SSSR count). The van der Waals surface area contributed by atoms with Gasteiger partial charge in [-0.1, -0.05) is 0 Å². The molecule has 2 aromatic rings. The minimum atomic E-state index is -3.95. The molecule has 0 aliphatic rings. The van der Waals surface area contributed by atoms with Gasteiger partial charge in [-0.25, -0.2) is 12.8 Å². The van der Waals surface area contributed by atoms with Crippen molar-refractivity contribution in [3.8, 4) is 5.75 Å². The number of carbonyl (C=O) groups excluding carboxylic acids is 1. The fourth-order valence-corrected chi connectivity index (χ4v) is 2.67. The Morgan fingerprint density at radius 1 is 1.35 bits per heavy atom. The zero-order valence-corrected chi connectivity index (χ0v) is 12.9. The quantitative estimate of drug-likeness (QED) is 0.823. The van der Waals surface area contributed by atoms with Crippen LogP contribution in [0.25, 0.3) is 0 Å². The maximum absolute atomic E-state index is 13.9. The minimum Gasteiger partial charge on any atom is -0.481 e. The van der Waals surface area contributed by atoms with E-state index in [1.54, 1.807) is 6.07 Å². The molecule has 0 unspecified atom stereocenters. The Hall–Kier alpha value is -2.68. The lowest BCUT2D eigenvalue weighted by atomic mass is 10.3. The van der Waals surface area contributed by atoms with Gasteiger partial charge in [0.15, 0.2) is 18.2 Å². The summed E-state index contributed by atoms with van der Waals surface area (Å²) in [6.45, 7) is -0.368. The number of amides is 1. The molecular weight excluding hydrogens is 325 g/mol. The molecule has 7 nitrogen and oxygen atoms in total. The molecule has 0 atom stereocenters. The molecule has 0 fully saturated rings. The number of aromatic nitrogens is 1. The molecule has 23 heavy (non-hydrogen) atoms. The average molecular weight is 339 g/mol. The van der Waals surface area contributed by atoms with Gasteiger partial charge < -0.3 is 10.1 Å². The van der Waals surface area contributed by atoms with E-state index in [2.05, 4.69) is 15.0 Å². The first-order valence-electron chi connectivity index (χ1n) is 6.48. The monoisotopic (exact) mass is 339 g/mol. The summed E-state index contributed by atoms with van der Waals surface area (Å²) in [5.74, 6) is -1.53. The molecule has 0 saturated heterocycles. The number of hydrogen-bond acceptors (Lipinski definition) is 5. The number of rotatable bonds is 6. The zero-order valence-electron chi connectivity index (χ0n) is 12.1. The number of sulfonamides is 1. The zero-order chi connectivity index (χ0) is 16.9. The molecule has 1 heterocycles. The Bertz CT molecular complexity index is 797. The summed E-state index contributed by atoms with van der Waals surface area (Å²) in [5, 5.41) is 2.32. The van der Waals surface area contributed by atoms with E-state index in [1.807, 2.05) is 0 Å². The smallest absolute Gasteiger partial charge is 0.262 e. The van der Waals surface area contributed by atoms with Crippen molar-refractivity contribution in [1.82, 2.24) is 10.3 Å². The van der Waals surface area contributed by atoms with Gasteiger partial charge in [0.25, 0.3) is 15.9 Å². The molecule has 9 heteroatoms. The highest BCUT2D eigenvalue weighted by Crippen LogP contribution is 2.22. The highest BCUT2D eigenvalue weighted by molar-refractivity contribution is 7.92. The first kappa shape index (κ1) is 16.7. The van der Waals surface area contributed by atoms with Crippen LogP contribution in [-0.2, 0) is 14.8 Å². The molecule has 1 aromatic heterocycles. The number of carbonyl (C=O) groups is 1. The maximum atomic E-state index is 13.9. The molecule has 0 aliphatic carbocycles. The van der Waals surface area contributed by atoms with Gasteiger partial charge in [-0.05, 0) is 30.3 Å². The van der Waals surface area contributed by atoms with Gasteiger partial charge in [-0.15, -0.1) is 0 Å². The van der Waals surface area contributed by atoms with E-state index in [-0.39, 0.29) is 22.9 Å². The molecule has 0 bridgehead atoms.